The first-order valence-corrected chi connectivity index (χ1v) is 5.63. The predicted molar refractivity (Wildman–Crippen MR) is 63.9 cm³/mol. The van der Waals surface area contributed by atoms with E-state index in [9.17, 15) is 0 Å². The number of hydrogen-bond donors (Lipinski definition) is 1. The number of nitrogens with two attached hydrogens (primary N) is 1. The second-order valence-corrected chi connectivity index (χ2v) is 4.05. The minimum Gasteiger partial charge on any atom is -0.398 e. The number of hydrogen-bond acceptors (Lipinski definition) is 1. The monoisotopic (exact) mass is 211 g/mol. The molecule has 78 valence electrons. The van der Waals surface area contributed by atoms with Crippen LogP contribution < -0.4 is 5.73 Å². The van der Waals surface area contributed by atoms with E-state index in [0.717, 1.165) is 25.7 Å². The van der Waals surface area contributed by atoms with Crippen molar-refractivity contribution in [3.8, 4) is 0 Å². The molecule has 0 spiro atoms. The Morgan fingerprint density at radius 1 is 1.07 bits per heavy atom. The minimum atomic E-state index is 0.688. The summed E-state index contributed by atoms with van der Waals surface area (Å²) in [6.45, 7) is 4.36. The fraction of sp³-hybridized carbons (Fsp3) is 0.500. The third kappa shape index (κ3) is 2.65. The molecule has 0 unspecified atom stereocenters. The average Bonchev–Trinajstić information content (AvgIpc) is 2.14. The summed E-state index contributed by atoms with van der Waals surface area (Å²) in [6, 6.07) is 4.04. The quantitative estimate of drug-likeness (QED) is 0.753. The van der Waals surface area contributed by atoms with Gasteiger partial charge in [-0.2, -0.15) is 0 Å². The van der Waals surface area contributed by atoms with Gasteiger partial charge in [0.2, 0.25) is 0 Å². The molecule has 0 aromatic heterocycles. The van der Waals surface area contributed by atoms with Crippen LogP contribution in [0.15, 0.2) is 12.1 Å². The zero-order valence-corrected chi connectivity index (χ0v) is 9.69. The van der Waals surface area contributed by atoms with Crippen molar-refractivity contribution in [3.63, 3.8) is 0 Å². The molecular weight excluding hydrogens is 194 g/mol. The molecule has 0 saturated carbocycles. The number of rotatable bonds is 4. The van der Waals surface area contributed by atoms with Gasteiger partial charge in [0, 0.05) is 0 Å². The molecule has 0 fully saturated rings. The van der Waals surface area contributed by atoms with E-state index < -0.39 is 0 Å². The van der Waals surface area contributed by atoms with Gasteiger partial charge >= 0.3 is 0 Å². The van der Waals surface area contributed by atoms with Gasteiger partial charge < -0.3 is 5.73 Å². The minimum absolute atomic E-state index is 0.688. The van der Waals surface area contributed by atoms with Crippen molar-refractivity contribution >= 4 is 17.3 Å². The lowest BCUT2D eigenvalue weighted by Gasteiger charge is -2.10. The maximum Gasteiger partial charge on any atom is 0.0638 e. The zero-order valence-electron chi connectivity index (χ0n) is 8.94. The zero-order chi connectivity index (χ0) is 10.6. The van der Waals surface area contributed by atoms with E-state index in [-0.39, 0.29) is 0 Å². The van der Waals surface area contributed by atoms with Gasteiger partial charge in [-0.3, -0.25) is 0 Å². The third-order valence-corrected chi connectivity index (χ3v) is 2.68. The van der Waals surface area contributed by atoms with Crippen molar-refractivity contribution < 1.29 is 0 Å². The Morgan fingerprint density at radius 2 is 1.57 bits per heavy atom. The molecule has 0 aliphatic rings. The van der Waals surface area contributed by atoms with E-state index in [2.05, 4.69) is 13.8 Å². The van der Waals surface area contributed by atoms with Gasteiger partial charge in [0.25, 0.3) is 0 Å². The highest BCUT2D eigenvalue weighted by Gasteiger charge is 2.05. The summed E-state index contributed by atoms with van der Waals surface area (Å²) < 4.78 is 0. The van der Waals surface area contributed by atoms with Crippen molar-refractivity contribution in [2.75, 3.05) is 5.73 Å². The molecule has 0 radical (unpaired) electrons. The standard InChI is InChI=1S/C12H18ClN/c1-3-5-9-7-11(13)12(14)8-10(9)6-4-2/h7-8H,3-6,14H2,1-2H3. The number of halogens is 1. The van der Waals surface area contributed by atoms with E-state index in [1.165, 1.54) is 11.1 Å². The van der Waals surface area contributed by atoms with Crippen LogP contribution >= 0.6 is 11.6 Å². The molecule has 0 atom stereocenters. The lowest BCUT2D eigenvalue weighted by molar-refractivity contribution is 0.862. The highest BCUT2D eigenvalue weighted by atomic mass is 35.5. The summed E-state index contributed by atoms with van der Waals surface area (Å²) in [5.74, 6) is 0. The van der Waals surface area contributed by atoms with E-state index in [1.54, 1.807) is 0 Å². The van der Waals surface area contributed by atoms with Gasteiger partial charge in [-0.15, -0.1) is 0 Å². The van der Waals surface area contributed by atoms with Crippen molar-refractivity contribution in [2.45, 2.75) is 39.5 Å². The Labute approximate surface area is 91.3 Å². The van der Waals surface area contributed by atoms with Crippen LogP contribution in [0.5, 0.6) is 0 Å². The number of benzene rings is 1. The lowest BCUT2D eigenvalue weighted by atomic mass is 9.99. The molecule has 1 nitrogen and oxygen atoms in total. The van der Waals surface area contributed by atoms with E-state index >= 15 is 0 Å². The molecule has 0 heterocycles. The van der Waals surface area contributed by atoms with Crippen LogP contribution in [0.4, 0.5) is 5.69 Å². The smallest absolute Gasteiger partial charge is 0.0638 e. The maximum absolute atomic E-state index is 6.00. The maximum atomic E-state index is 6.00. The Kier molecular flexibility index (Phi) is 4.27. The first-order chi connectivity index (χ1) is 6.69. The molecule has 14 heavy (non-hydrogen) atoms. The predicted octanol–water partition coefficient (Wildman–Crippen LogP) is 3.83. The van der Waals surface area contributed by atoms with Crippen molar-refractivity contribution in [2.24, 2.45) is 0 Å². The molecule has 1 rings (SSSR count). The van der Waals surface area contributed by atoms with Crippen molar-refractivity contribution in [3.05, 3.63) is 28.3 Å². The normalized spacial score (nSPS) is 10.5. The fourth-order valence-electron chi connectivity index (χ4n) is 1.68. The van der Waals surface area contributed by atoms with E-state index in [4.69, 9.17) is 17.3 Å². The van der Waals surface area contributed by atoms with Gasteiger partial charge in [0.05, 0.1) is 10.7 Å². The summed E-state index contributed by atoms with van der Waals surface area (Å²) in [4.78, 5) is 0. The first-order valence-electron chi connectivity index (χ1n) is 5.25. The van der Waals surface area contributed by atoms with Crippen LogP contribution in [0.3, 0.4) is 0 Å². The van der Waals surface area contributed by atoms with Crippen molar-refractivity contribution in [1.29, 1.82) is 0 Å². The van der Waals surface area contributed by atoms with Crippen LogP contribution in [0.2, 0.25) is 5.02 Å². The largest absolute Gasteiger partial charge is 0.398 e. The molecule has 1 aromatic carbocycles. The molecule has 0 aliphatic heterocycles. The second-order valence-electron chi connectivity index (χ2n) is 3.64. The van der Waals surface area contributed by atoms with Crippen LogP contribution in [0.25, 0.3) is 0 Å². The molecule has 2 heteroatoms. The van der Waals surface area contributed by atoms with E-state index in [1.807, 2.05) is 12.1 Å². The van der Waals surface area contributed by atoms with Gasteiger partial charge in [0.1, 0.15) is 0 Å². The average molecular weight is 212 g/mol. The first kappa shape index (κ1) is 11.4. The van der Waals surface area contributed by atoms with Crippen LogP contribution in [0.1, 0.15) is 37.8 Å². The van der Waals surface area contributed by atoms with Crippen LogP contribution in [-0.4, -0.2) is 0 Å². The Morgan fingerprint density at radius 3 is 2.07 bits per heavy atom. The fourth-order valence-corrected chi connectivity index (χ4v) is 1.87. The Hall–Kier alpha value is -0.690. The Balaban J connectivity index is 3.03. The number of anilines is 1. The molecule has 2 N–H and O–H groups in total. The van der Waals surface area contributed by atoms with Crippen LogP contribution in [-0.2, 0) is 12.8 Å². The topological polar surface area (TPSA) is 26.0 Å². The van der Waals surface area contributed by atoms with Gasteiger partial charge in [-0.1, -0.05) is 38.3 Å². The molecule has 0 amide bonds. The second kappa shape index (κ2) is 5.26. The molecule has 1 aromatic rings. The lowest BCUT2D eigenvalue weighted by Crippen LogP contribution is -1.97. The Bertz CT molecular complexity index is 276. The molecule has 0 bridgehead atoms. The SMILES string of the molecule is CCCc1cc(N)c(Cl)cc1CCC. The number of aryl methyl sites for hydroxylation is 2. The van der Waals surface area contributed by atoms with Crippen molar-refractivity contribution in [1.82, 2.24) is 0 Å². The highest BCUT2D eigenvalue weighted by Crippen LogP contribution is 2.25. The van der Waals surface area contributed by atoms with Crippen LogP contribution in [0, 0.1) is 0 Å². The molecular formula is C12H18ClN. The summed E-state index contributed by atoms with van der Waals surface area (Å²) in [6.07, 6.45) is 4.49. The summed E-state index contributed by atoms with van der Waals surface area (Å²) >= 11 is 6.00. The highest BCUT2D eigenvalue weighted by molar-refractivity contribution is 6.33. The van der Waals surface area contributed by atoms with Gasteiger partial charge in [0.15, 0.2) is 0 Å². The number of nitrogen functional groups attached to an aromatic ring is 1. The molecule has 0 aliphatic carbocycles. The molecule has 0 saturated heterocycles. The van der Waals surface area contributed by atoms with Gasteiger partial charge in [-0.25, -0.2) is 0 Å². The summed E-state index contributed by atoms with van der Waals surface area (Å²) in [5, 5.41) is 0.688. The summed E-state index contributed by atoms with van der Waals surface area (Å²) in [5.41, 5.74) is 9.20. The third-order valence-electron chi connectivity index (χ3n) is 2.36. The van der Waals surface area contributed by atoms with E-state index in [0.29, 0.717) is 10.7 Å². The van der Waals surface area contributed by atoms with Gasteiger partial charge in [-0.05, 0) is 36.1 Å². The summed E-state index contributed by atoms with van der Waals surface area (Å²) in [7, 11) is 0.